The van der Waals surface area contributed by atoms with Crippen molar-refractivity contribution in [3.63, 3.8) is 0 Å². The van der Waals surface area contributed by atoms with Gasteiger partial charge < -0.3 is 10.0 Å². The number of aryl methyl sites for hydroxylation is 1. The summed E-state index contributed by atoms with van der Waals surface area (Å²) >= 11 is 0. The van der Waals surface area contributed by atoms with Crippen LogP contribution in [0.1, 0.15) is 12.7 Å². The molecule has 5 nitrogen and oxygen atoms in total. The van der Waals surface area contributed by atoms with Crippen LogP contribution in [-0.2, 0) is 6.54 Å². The fourth-order valence-corrected chi connectivity index (χ4v) is 0.818. The zero-order valence-electron chi connectivity index (χ0n) is 6.75. The van der Waals surface area contributed by atoms with Crippen LogP contribution in [0.2, 0.25) is 0 Å². The highest BCUT2D eigenvalue weighted by molar-refractivity contribution is 6.48. The molecule has 0 aliphatic heterocycles. The molecule has 0 fully saturated rings. The Morgan fingerprint density at radius 1 is 1.67 bits per heavy atom. The summed E-state index contributed by atoms with van der Waals surface area (Å²) in [4.78, 5) is 3.90. The van der Waals surface area contributed by atoms with Gasteiger partial charge in [0, 0.05) is 6.54 Å². The van der Waals surface area contributed by atoms with E-state index in [4.69, 9.17) is 10.0 Å². The number of hydrogen-bond donors (Lipinski definition) is 2. The lowest BCUT2D eigenvalue weighted by Gasteiger charge is -1.95. The Bertz CT molecular complexity index is 272. The third kappa shape index (κ3) is 2.18. The van der Waals surface area contributed by atoms with E-state index < -0.39 is 7.12 Å². The maximum Gasteiger partial charge on any atom is 0.480 e. The topological polar surface area (TPSA) is 71.2 Å². The van der Waals surface area contributed by atoms with Gasteiger partial charge in [0.05, 0.1) is 0 Å². The van der Waals surface area contributed by atoms with Crippen molar-refractivity contribution in [1.82, 2.24) is 14.8 Å². The number of nitrogens with zero attached hydrogens (tertiary/aromatic N) is 3. The summed E-state index contributed by atoms with van der Waals surface area (Å²) in [6.45, 7) is 2.64. The highest BCUT2D eigenvalue weighted by Crippen LogP contribution is 1.96. The lowest BCUT2D eigenvalue weighted by Crippen LogP contribution is -2.06. The van der Waals surface area contributed by atoms with Crippen molar-refractivity contribution in [3.05, 3.63) is 18.1 Å². The van der Waals surface area contributed by atoms with Crippen molar-refractivity contribution < 1.29 is 10.0 Å². The molecule has 2 N–H and O–H groups in total. The minimum Gasteiger partial charge on any atom is -0.424 e. The van der Waals surface area contributed by atoms with Crippen LogP contribution in [0.25, 0.3) is 6.08 Å². The van der Waals surface area contributed by atoms with Crippen LogP contribution in [0, 0.1) is 0 Å². The Hall–Kier alpha value is -1.14. The van der Waals surface area contributed by atoms with Crippen molar-refractivity contribution >= 4 is 13.2 Å². The van der Waals surface area contributed by atoms with E-state index in [0.29, 0.717) is 12.4 Å². The first-order valence-corrected chi connectivity index (χ1v) is 3.66. The van der Waals surface area contributed by atoms with Crippen LogP contribution in [0.3, 0.4) is 0 Å². The maximum absolute atomic E-state index is 8.53. The predicted octanol–water partition coefficient (Wildman–Crippen LogP) is -0.677. The molecule has 0 atom stereocenters. The molecular formula is C6H10BN3O2. The zero-order chi connectivity index (χ0) is 8.97. The summed E-state index contributed by atoms with van der Waals surface area (Å²) < 4.78 is 1.65. The highest BCUT2D eigenvalue weighted by atomic mass is 16.4. The minimum atomic E-state index is -1.44. The molecule has 0 radical (unpaired) electrons. The average molecular weight is 167 g/mol. The molecule has 1 aromatic heterocycles. The number of rotatable bonds is 3. The van der Waals surface area contributed by atoms with Crippen LogP contribution < -0.4 is 0 Å². The maximum atomic E-state index is 8.53. The van der Waals surface area contributed by atoms with Gasteiger partial charge in [0.1, 0.15) is 12.2 Å². The summed E-state index contributed by atoms with van der Waals surface area (Å²) in [5.41, 5.74) is 0. The fraction of sp³-hybridized carbons (Fsp3) is 0.333. The smallest absolute Gasteiger partial charge is 0.424 e. The summed E-state index contributed by atoms with van der Waals surface area (Å²) in [5, 5.41) is 21.0. The molecule has 0 aliphatic rings. The molecule has 0 aromatic carbocycles. The largest absolute Gasteiger partial charge is 0.480 e. The van der Waals surface area contributed by atoms with Gasteiger partial charge in [-0.2, -0.15) is 5.10 Å². The van der Waals surface area contributed by atoms with E-state index in [-0.39, 0.29) is 0 Å². The molecule has 0 saturated carbocycles. The van der Waals surface area contributed by atoms with Gasteiger partial charge in [-0.25, -0.2) is 9.67 Å². The van der Waals surface area contributed by atoms with Gasteiger partial charge in [-0.3, -0.25) is 0 Å². The van der Waals surface area contributed by atoms with Gasteiger partial charge in [0.2, 0.25) is 0 Å². The Morgan fingerprint density at radius 3 is 3.00 bits per heavy atom. The first kappa shape index (κ1) is 8.96. The third-order valence-electron chi connectivity index (χ3n) is 1.36. The van der Waals surface area contributed by atoms with E-state index in [9.17, 15) is 0 Å². The van der Waals surface area contributed by atoms with Crippen molar-refractivity contribution in [2.75, 3.05) is 0 Å². The summed E-state index contributed by atoms with van der Waals surface area (Å²) in [6, 6.07) is 0. The van der Waals surface area contributed by atoms with Crippen molar-refractivity contribution in [2.45, 2.75) is 13.5 Å². The molecule has 64 valence electrons. The molecule has 12 heavy (non-hydrogen) atoms. The molecular weight excluding hydrogens is 157 g/mol. The van der Waals surface area contributed by atoms with E-state index in [2.05, 4.69) is 10.1 Å². The summed E-state index contributed by atoms with van der Waals surface area (Å²) in [7, 11) is -1.44. The number of aromatic nitrogens is 3. The fourth-order valence-electron chi connectivity index (χ4n) is 0.818. The van der Waals surface area contributed by atoms with E-state index in [0.717, 1.165) is 0 Å². The van der Waals surface area contributed by atoms with E-state index in [1.54, 1.807) is 4.68 Å². The molecule has 6 heteroatoms. The highest BCUT2D eigenvalue weighted by Gasteiger charge is 2.01. The summed E-state index contributed by atoms with van der Waals surface area (Å²) in [5.74, 6) is 1.85. The second-order valence-corrected chi connectivity index (χ2v) is 2.21. The van der Waals surface area contributed by atoms with Gasteiger partial charge in [-0.05, 0) is 13.0 Å². The van der Waals surface area contributed by atoms with E-state index in [1.807, 2.05) is 6.92 Å². The first-order chi connectivity index (χ1) is 5.74. The van der Waals surface area contributed by atoms with Crippen molar-refractivity contribution in [2.24, 2.45) is 0 Å². The molecule has 0 spiro atoms. The Kier molecular flexibility index (Phi) is 3.01. The lowest BCUT2D eigenvalue weighted by atomic mass is 9.92. The Labute approximate surface area is 70.5 Å². The second-order valence-electron chi connectivity index (χ2n) is 2.21. The van der Waals surface area contributed by atoms with Gasteiger partial charge in [-0.1, -0.05) is 5.98 Å². The molecule has 1 rings (SSSR count). The van der Waals surface area contributed by atoms with E-state index >= 15 is 0 Å². The lowest BCUT2D eigenvalue weighted by molar-refractivity contribution is 0.424. The molecule has 0 bridgehead atoms. The summed E-state index contributed by atoms with van der Waals surface area (Å²) in [6.07, 6.45) is 2.94. The monoisotopic (exact) mass is 167 g/mol. The van der Waals surface area contributed by atoms with Crippen LogP contribution in [-0.4, -0.2) is 31.9 Å². The van der Waals surface area contributed by atoms with Crippen LogP contribution in [0.5, 0.6) is 0 Å². The Morgan fingerprint density at radius 2 is 2.42 bits per heavy atom. The quantitative estimate of drug-likeness (QED) is 0.585. The third-order valence-corrected chi connectivity index (χ3v) is 1.36. The molecule has 0 amide bonds. The van der Waals surface area contributed by atoms with Gasteiger partial charge in [0.25, 0.3) is 0 Å². The van der Waals surface area contributed by atoms with Gasteiger partial charge in [0.15, 0.2) is 0 Å². The van der Waals surface area contributed by atoms with Crippen LogP contribution in [0.15, 0.2) is 12.3 Å². The first-order valence-electron chi connectivity index (χ1n) is 3.66. The standard InChI is InChI=1S/C6H10BN3O2/c1-2-10-6(8-5-9-10)3-4-7(11)12/h3-5,11-12H,2H2,1H3/b4-3+. The second kappa shape index (κ2) is 4.03. The predicted molar refractivity (Wildman–Crippen MR) is 44.9 cm³/mol. The molecule has 1 heterocycles. The average Bonchev–Trinajstić information content (AvgIpc) is 2.47. The van der Waals surface area contributed by atoms with Crippen molar-refractivity contribution in [3.8, 4) is 0 Å². The SMILES string of the molecule is CCn1ncnc1/C=C/B(O)O. The minimum absolute atomic E-state index is 0.616. The zero-order valence-corrected chi connectivity index (χ0v) is 6.75. The van der Waals surface area contributed by atoms with Crippen LogP contribution >= 0.6 is 0 Å². The Balaban J connectivity index is 2.74. The van der Waals surface area contributed by atoms with Crippen molar-refractivity contribution in [1.29, 1.82) is 0 Å². The van der Waals surface area contributed by atoms with Gasteiger partial charge in [-0.15, -0.1) is 0 Å². The molecule has 0 unspecified atom stereocenters. The normalized spacial score (nSPS) is 10.9. The number of hydrogen-bond acceptors (Lipinski definition) is 4. The van der Waals surface area contributed by atoms with E-state index in [1.165, 1.54) is 18.4 Å². The molecule has 0 aliphatic carbocycles. The van der Waals surface area contributed by atoms with Gasteiger partial charge >= 0.3 is 7.12 Å². The van der Waals surface area contributed by atoms with Crippen LogP contribution in [0.4, 0.5) is 0 Å². The molecule has 0 saturated heterocycles. The molecule has 1 aromatic rings.